The maximum atomic E-state index is 5.33. The maximum Gasteiger partial charge on any atom is 0.140 e. The molecule has 0 aliphatic carbocycles. The summed E-state index contributed by atoms with van der Waals surface area (Å²) >= 11 is 0. The van der Waals surface area contributed by atoms with Crippen LogP contribution in [0.5, 0.6) is 0 Å². The Bertz CT molecular complexity index is 314. The lowest BCUT2D eigenvalue weighted by molar-refractivity contribution is 0.237. The molecule has 0 aromatic carbocycles. The van der Waals surface area contributed by atoms with Gasteiger partial charge in [0.1, 0.15) is 5.82 Å². The molecule has 0 spiro atoms. The summed E-state index contributed by atoms with van der Waals surface area (Å²) in [6.07, 6.45) is 4.23. The van der Waals surface area contributed by atoms with Crippen molar-refractivity contribution < 1.29 is 0 Å². The van der Waals surface area contributed by atoms with E-state index >= 15 is 0 Å². The highest BCUT2D eigenvalue weighted by molar-refractivity contribution is 5.35. The zero-order valence-electron chi connectivity index (χ0n) is 10.4. The summed E-state index contributed by atoms with van der Waals surface area (Å²) in [5.41, 5.74) is 3.80. The predicted molar refractivity (Wildman–Crippen MR) is 67.9 cm³/mol. The Balaban J connectivity index is 2.58. The van der Waals surface area contributed by atoms with Crippen molar-refractivity contribution in [2.75, 3.05) is 12.5 Å². The van der Waals surface area contributed by atoms with E-state index in [0.717, 1.165) is 6.54 Å². The quantitative estimate of drug-likeness (QED) is 0.571. The maximum absolute atomic E-state index is 5.33. The van der Waals surface area contributed by atoms with Gasteiger partial charge in [-0.25, -0.2) is 10.8 Å². The van der Waals surface area contributed by atoms with Gasteiger partial charge in [0, 0.05) is 18.8 Å². The van der Waals surface area contributed by atoms with Crippen molar-refractivity contribution in [3.05, 3.63) is 23.9 Å². The number of aromatic nitrogens is 1. The van der Waals surface area contributed by atoms with Gasteiger partial charge in [-0.2, -0.15) is 0 Å². The molecule has 16 heavy (non-hydrogen) atoms. The van der Waals surface area contributed by atoms with Gasteiger partial charge in [-0.15, -0.1) is 0 Å². The number of nitrogens with one attached hydrogen (secondary N) is 1. The molecule has 1 heterocycles. The molecule has 4 heteroatoms. The lowest BCUT2D eigenvalue weighted by Crippen LogP contribution is -2.28. The van der Waals surface area contributed by atoms with E-state index in [9.17, 15) is 0 Å². The highest BCUT2D eigenvalue weighted by Crippen LogP contribution is 2.11. The minimum Gasteiger partial charge on any atom is -0.308 e. The van der Waals surface area contributed by atoms with E-state index in [1.165, 1.54) is 18.4 Å². The van der Waals surface area contributed by atoms with Crippen LogP contribution in [0.3, 0.4) is 0 Å². The number of nitrogen functional groups attached to an aromatic ring is 1. The fraction of sp³-hybridized carbons (Fsp3) is 0.583. The van der Waals surface area contributed by atoms with Crippen LogP contribution in [0.2, 0.25) is 0 Å². The van der Waals surface area contributed by atoms with Crippen molar-refractivity contribution in [3.63, 3.8) is 0 Å². The summed E-state index contributed by atoms with van der Waals surface area (Å²) in [4.78, 5) is 6.44. The number of anilines is 1. The van der Waals surface area contributed by atoms with Crippen LogP contribution in [0.4, 0.5) is 5.82 Å². The summed E-state index contributed by atoms with van der Waals surface area (Å²) in [5.74, 6) is 6.05. The molecule has 4 nitrogen and oxygen atoms in total. The smallest absolute Gasteiger partial charge is 0.140 e. The lowest BCUT2D eigenvalue weighted by Gasteiger charge is -2.24. The largest absolute Gasteiger partial charge is 0.308 e. The van der Waals surface area contributed by atoms with Gasteiger partial charge in [-0.05, 0) is 38.1 Å². The fourth-order valence-electron chi connectivity index (χ4n) is 1.73. The molecule has 0 amide bonds. The number of pyridine rings is 1. The zero-order chi connectivity index (χ0) is 12.0. The second kappa shape index (κ2) is 6.45. The van der Waals surface area contributed by atoms with Crippen LogP contribution in [0.25, 0.3) is 0 Å². The third-order valence-electron chi connectivity index (χ3n) is 2.86. The molecule has 0 aliphatic heterocycles. The second-order valence-corrected chi connectivity index (χ2v) is 4.25. The number of nitrogens with zero attached hydrogens (tertiary/aromatic N) is 2. The molecule has 0 radical (unpaired) electrons. The van der Waals surface area contributed by atoms with E-state index < -0.39 is 0 Å². The second-order valence-electron chi connectivity index (χ2n) is 4.25. The molecule has 1 rings (SSSR count). The lowest BCUT2D eigenvalue weighted by atomic mass is 10.1. The predicted octanol–water partition coefficient (Wildman–Crippen LogP) is 1.99. The minimum absolute atomic E-state index is 0.604. The van der Waals surface area contributed by atoms with E-state index in [0.29, 0.717) is 11.9 Å². The van der Waals surface area contributed by atoms with Crippen molar-refractivity contribution in [3.8, 4) is 0 Å². The van der Waals surface area contributed by atoms with Crippen molar-refractivity contribution >= 4 is 5.82 Å². The average molecular weight is 222 g/mol. The number of hydrogen-bond acceptors (Lipinski definition) is 4. The Kier molecular flexibility index (Phi) is 5.22. The van der Waals surface area contributed by atoms with Crippen LogP contribution in [0.15, 0.2) is 18.3 Å². The molecule has 0 bridgehead atoms. The highest BCUT2D eigenvalue weighted by Gasteiger charge is 2.08. The molecule has 90 valence electrons. The van der Waals surface area contributed by atoms with Crippen molar-refractivity contribution in [2.45, 2.75) is 39.3 Å². The van der Waals surface area contributed by atoms with Crippen molar-refractivity contribution in [1.82, 2.24) is 9.88 Å². The van der Waals surface area contributed by atoms with Gasteiger partial charge in [0.2, 0.25) is 0 Å². The van der Waals surface area contributed by atoms with E-state index in [1.54, 1.807) is 6.20 Å². The molecule has 0 aliphatic rings. The Morgan fingerprint density at radius 2 is 2.31 bits per heavy atom. The molecule has 0 fully saturated rings. The molecule has 1 unspecified atom stereocenters. The number of rotatable bonds is 6. The summed E-state index contributed by atoms with van der Waals surface area (Å²) in [7, 11) is 2.15. The third-order valence-corrected chi connectivity index (χ3v) is 2.86. The van der Waals surface area contributed by atoms with Gasteiger partial charge in [0.05, 0.1) is 0 Å². The normalized spacial score (nSPS) is 12.8. The van der Waals surface area contributed by atoms with E-state index in [1.807, 2.05) is 12.1 Å². The molecule has 0 saturated heterocycles. The van der Waals surface area contributed by atoms with E-state index in [4.69, 9.17) is 5.84 Å². The zero-order valence-corrected chi connectivity index (χ0v) is 10.4. The average Bonchev–Trinajstić information content (AvgIpc) is 2.29. The van der Waals surface area contributed by atoms with Gasteiger partial charge in [0.15, 0.2) is 0 Å². The first kappa shape index (κ1) is 12.9. The van der Waals surface area contributed by atoms with Crippen LogP contribution in [0.1, 0.15) is 32.3 Å². The number of hydrogen-bond donors (Lipinski definition) is 2. The van der Waals surface area contributed by atoms with Crippen LogP contribution >= 0.6 is 0 Å². The monoisotopic (exact) mass is 222 g/mol. The SMILES string of the molecule is CCCC(C)N(C)Cc1ccnc(NN)c1. The first-order chi connectivity index (χ1) is 7.67. The van der Waals surface area contributed by atoms with Gasteiger partial charge < -0.3 is 5.43 Å². The first-order valence-electron chi connectivity index (χ1n) is 5.79. The Labute approximate surface area is 97.8 Å². The summed E-state index contributed by atoms with van der Waals surface area (Å²) < 4.78 is 0. The standard InChI is InChI=1S/C12H22N4/c1-4-5-10(2)16(3)9-11-6-7-14-12(8-11)15-13/h6-8,10H,4-5,9,13H2,1-3H3,(H,14,15). The Morgan fingerprint density at radius 3 is 2.94 bits per heavy atom. The number of nitrogens with two attached hydrogens (primary N) is 1. The summed E-state index contributed by atoms with van der Waals surface area (Å²) in [6, 6.07) is 4.61. The van der Waals surface area contributed by atoms with Crippen LogP contribution < -0.4 is 11.3 Å². The van der Waals surface area contributed by atoms with Crippen molar-refractivity contribution in [2.24, 2.45) is 5.84 Å². The van der Waals surface area contributed by atoms with Gasteiger partial charge in [0.25, 0.3) is 0 Å². The van der Waals surface area contributed by atoms with E-state index in [2.05, 4.69) is 36.2 Å². The molecule has 1 atom stereocenters. The Morgan fingerprint density at radius 1 is 1.56 bits per heavy atom. The molecule has 1 aromatic rings. The minimum atomic E-state index is 0.604. The topological polar surface area (TPSA) is 54.2 Å². The fourth-order valence-corrected chi connectivity index (χ4v) is 1.73. The third kappa shape index (κ3) is 3.79. The summed E-state index contributed by atoms with van der Waals surface area (Å²) in [5, 5.41) is 0. The molecular weight excluding hydrogens is 200 g/mol. The van der Waals surface area contributed by atoms with Crippen LogP contribution in [-0.2, 0) is 6.54 Å². The first-order valence-corrected chi connectivity index (χ1v) is 5.79. The Hall–Kier alpha value is -1.13. The summed E-state index contributed by atoms with van der Waals surface area (Å²) in [6.45, 7) is 5.40. The highest BCUT2D eigenvalue weighted by atomic mass is 15.2. The number of hydrazine groups is 1. The van der Waals surface area contributed by atoms with Crippen LogP contribution in [0, 0.1) is 0 Å². The molecular formula is C12H22N4. The molecule has 3 N–H and O–H groups in total. The molecule has 0 saturated carbocycles. The van der Waals surface area contributed by atoms with Crippen LogP contribution in [-0.4, -0.2) is 23.0 Å². The van der Waals surface area contributed by atoms with E-state index in [-0.39, 0.29) is 0 Å². The van der Waals surface area contributed by atoms with Gasteiger partial charge >= 0.3 is 0 Å². The van der Waals surface area contributed by atoms with Gasteiger partial charge in [-0.3, -0.25) is 4.90 Å². The van der Waals surface area contributed by atoms with Crippen molar-refractivity contribution in [1.29, 1.82) is 0 Å². The molecule has 1 aromatic heterocycles. The van der Waals surface area contributed by atoms with Gasteiger partial charge in [-0.1, -0.05) is 13.3 Å².